The summed E-state index contributed by atoms with van der Waals surface area (Å²) in [5.41, 5.74) is 0. The van der Waals surface area contributed by atoms with Crippen molar-refractivity contribution < 1.29 is 9.53 Å². The maximum absolute atomic E-state index is 12.7. The number of nitrogens with one attached hydrogen (secondary N) is 2. The molecular formula is C16H24N2O2S. The number of thiophene rings is 1. The van der Waals surface area contributed by atoms with Crippen molar-refractivity contribution in [1.82, 2.24) is 10.6 Å². The quantitative estimate of drug-likeness (QED) is 0.878. The first kappa shape index (κ1) is 15.0. The summed E-state index contributed by atoms with van der Waals surface area (Å²) in [7, 11) is 1.90. The highest BCUT2D eigenvalue weighted by Crippen LogP contribution is 2.37. The van der Waals surface area contributed by atoms with Crippen LogP contribution in [0.5, 0.6) is 0 Å². The van der Waals surface area contributed by atoms with Gasteiger partial charge in [-0.3, -0.25) is 4.79 Å². The number of rotatable bonds is 5. The first-order valence-electron chi connectivity index (χ1n) is 7.88. The van der Waals surface area contributed by atoms with Crippen LogP contribution in [-0.4, -0.2) is 32.2 Å². The van der Waals surface area contributed by atoms with E-state index in [1.54, 1.807) is 11.3 Å². The van der Waals surface area contributed by atoms with E-state index in [2.05, 4.69) is 28.1 Å². The van der Waals surface area contributed by atoms with Gasteiger partial charge in [-0.25, -0.2) is 0 Å². The summed E-state index contributed by atoms with van der Waals surface area (Å²) >= 11 is 1.75. The maximum Gasteiger partial charge on any atom is 0.227 e. The van der Waals surface area contributed by atoms with E-state index in [0.29, 0.717) is 19.1 Å². The SMILES string of the molecule is CNC1COCC1C(=O)NC(c1cccs1)C1CCCC1. The van der Waals surface area contributed by atoms with Gasteiger partial charge in [0.25, 0.3) is 0 Å². The van der Waals surface area contributed by atoms with Crippen molar-refractivity contribution >= 4 is 17.2 Å². The lowest BCUT2D eigenvalue weighted by Crippen LogP contribution is -2.44. The van der Waals surface area contributed by atoms with E-state index >= 15 is 0 Å². The van der Waals surface area contributed by atoms with Crippen molar-refractivity contribution in [1.29, 1.82) is 0 Å². The van der Waals surface area contributed by atoms with Crippen LogP contribution in [-0.2, 0) is 9.53 Å². The number of amides is 1. The van der Waals surface area contributed by atoms with Crippen LogP contribution in [0.3, 0.4) is 0 Å². The van der Waals surface area contributed by atoms with Crippen molar-refractivity contribution in [3.63, 3.8) is 0 Å². The van der Waals surface area contributed by atoms with E-state index in [1.165, 1.54) is 30.6 Å². The fraction of sp³-hybridized carbons (Fsp3) is 0.688. The highest BCUT2D eigenvalue weighted by molar-refractivity contribution is 7.10. The molecule has 1 aromatic rings. The molecular weight excluding hydrogens is 284 g/mol. The van der Waals surface area contributed by atoms with Gasteiger partial charge in [-0.15, -0.1) is 11.3 Å². The van der Waals surface area contributed by atoms with Crippen LogP contribution < -0.4 is 10.6 Å². The molecule has 2 aliphatic rings. The first-order chi connectivity index (χ1) is 10.3. The smallest absolute Gasteiger partial charge is 0.227 e. The molecule has 2 fully saturated rings. The van der Waals surface area contributed by atoms with E-state index in [9.17, 15) is 4.79 Å². The maximum atomic E-state index is 12.7. The lowest BCUT2D eigenvalue weighted by Gasteiger charge is -2.26. The second kappa shape index (κ2) is 6.90. The molecule has 1 saturated heterocycles. The van der Waals surface area contributed by atoms with Crippen LogP contribution in [0.1, 0.15) is 36.6 Å². The highest BCUT2D eigenvalue weighted by atomic mass is 32.1. The number of carbonyl (C=O) groups is 1. The normalized spacial score (nSPS) is 27.9. The van der Waals surface area contributed by atoms with Crippen LogP contribution in [0.2, 0.25) is 0 Å². The van der Waals surface area contributed by atoms with Crippen molar-refractivity contribution in [2.75, 3.05) is 20.3 Å². The summed E-state index contributed by atoms with van der Waals surface area (Å²) in [6, 6.07) is 4.54. The van der Waals surface area contributed by atoms with E-state index < -0.39 is 0 Å². The zero-order valence-corrected chi connectivity index (χ0v) is 13.3. The van der Waals surface area contributed by atoms with Crippen molar-refractivity contribution in [2.24, 2.45) is 11.8 Å². The Balaban J connectivity index is 1.70. The summed E-state index contributed by atoms with van der Waals surface area (Å²) in [4.78, 5) is 13.9. The molecule has 1 amide bonds. The Bertz CT molecular complexity index is 457. The molecule has 1 aliphatic heterocycles. The minimum Gasteiger partial charge on any atom is -0.379 e. The molecule has 4 nitrogen and oxygen atoms in total. The monoisotopic (exact) mass is 308 g/mol. The van der Waals surface area contributed by atoms with Gasteiger partial charge in [0.1, 0.15) is 0 Å². The van der Waals surface area contributed by atoms with Crippen molar-refractivity contribution in [2.45, 2.75) is 37.8 Å². The molecule has 5 heteroatoms. The van der Waals surface area contributed by atoms with Gasteiger partial charge in [-0.05, 0) is 37.3 Å². The van der Waals surface area contributed by atoms with E-state index in [-0.39, 0.29) is 23.9 Å². The Hall–Kier alpha value is -0.910. The van der Waals surface area contributed by atoms with Gasteiger partial charge in [-0.1, -0.05) is 18.9 Å². The average Bonchev–Trinajstić information content (AvgIpc) is 3.26. The molecule has 2 heterocycles. The molecule has 0 spiro atoms. The highest BCUT2D eigenvalue weighted by Gasteiger charge is 2.36. The topological polar surface area (TPSA) is 50.4 Å². The standard InChI is InChI=1S/C16H24N2O2S/c1-17-13-10-20-9-12(13)16(19)18-15(11-5-2-3-6-11)14-7-4-8-21-14/h4,7-8,11-13,15,17H,2-3,5-6,9-10H2,1H3,(H,18,19). The number of hydrogen-bond donors (Lipinski definition) is 2. The van der Waals surface area contributed by atoms with Crippen LogP contribution in [0.4, 0.5) is 0 Å². The van der Waals surface area contributed by atoms with Gasteiger partial charge >= 0.3 is 0 Å². The summed E-state index contributed by atoms with van der Waals surface area (Å²) in [6.45, 7) is 1.15. The molecule has 0 bridgehead atoms. The molecule has 0 aromatic carbocycles. The van der Waals surface area contributed by atoms with Gasteiger partial charge in [0.05, 0.1) is 25.2 Å². The summed E-state index contributed by atoms with van der Waals surface area (Å²) in [5.74, 6) is 0.652. The van der Waals surface area contributed by atoms with Gasteiger partial charge in [0, 0.05) is 10.9 Å². The Morgan fingerprint density at radius 2 is 2.19 bits per heavy atom. The fourth-order valence-corrected chi connectivity index (χ4v) is 4.41. The number of likely N-dealkylation sites (N-methyl/N-ethyl adjacent to an activating group) is 1. The molecule has 21 heavy (non-hydrogen) atoms. The Morgan fingerprint density at radius 3 is 2.86 bits per heavy atom. The van der Waals surface area contributed by atoms with Gasteiger partial charge < -0.3 is 15.4 Å². The minimum atomic E-state index is -0.0705. The summed E-state index contributed by atoms with van der Waals surface area (Å²) in [6.07, 6.45) is 5.02. The molecule has 1 aromatic heterocycles. The molecule has 3 unspecified atom stereocenters. The summed E-state index contributed by atoms with van der Waals surface area (Å²) < 4.78 is 5.46. The molecule has 116 valence electrons. The predicted molar refractivity (Wildman–Crippen MR) is 84.3 cm³/mol. The average molecular weight is 308 g/mol. The molecule has 3 rings (SSSR count). The van der Waals surface area contributed by atoms with Crippen LogP contribution in [0.25, 0.3) is 0 Å². The van der Waals surface area contributed by atoms with Gasteiger partial charge in [-0.2, -0.15) is 0 Å². The summed E-state index contributed by atoms with van der Waals surface area (Å²) in [5, 5.41) is 8.60. The van der Waals surface area contributed by atoms with E-state index in [0.717, 1.165) is 0 Å². The fourth-order valence-electron chi connectivity index (χ4n) is 3.54. The third-order valence-electron chi connectivity index (χ3n) is 4.81. The number of carbonyl (C=O) groups excluding carboxylic acids is 1. The van der Waals surface area contributed by atoms with Crippen molar-refractivity contribution in [3.05, 3.63) is 22.4 Å². The minimum absolute atomic E-state index is 0.0705. The largest absolute Gasteiger partial charge is 0.379 e. The number of hydrogen-bond acceptors (Lipinski definition) is 4. The molecule has 2 N–H and O–H groups in total. The Kier molecular flexibility index (Phi) is 4.93. The molecule has 0 radical (unpaired) electrons. The third-order valence-corrected chi connectivity index (χ3v) is 5.76. The van der Waals surface area contributed by atoms with E-state index in [4.69, 9.17) is 4.74 Å². The van der Waals surface area contributed by atoms with Crippen LogP contribution in [0.15, 0.2) is 17.5 Å². The zero-order chi connectivity index (χ0) is 14.7. The van der Waals surface area contributed by atoms with Gasteiger partial charge in [0.2, 0.25) is 5.91 Å². The van der Waals surface area contributed by atoms with Crippen molar-refractivity contribution in [3.8, 4) is 0 Å². The van der Waals surface area contributed by atoms with Gasteiger partial charge in [0.15, 0.2) is 0 Å². The Morgan fingerprint density at radius 1 is 1.38 bits per heavy atom. The predicted octanol–water partition coefficient (Wildman–Crippen LogP) is 2.33. The lowest BCUT2D eigenvalue weighted by atomic mass is 9.95. The third kappa shape index (κ3) is 3.30. The lowest BCUT2D eigenvalue weighted by molar-refractivity contribution is -0.126. The Labute approximate surface area is 130 Å². The second-order valence-electron chi connectivity index (χ2n) is 6.09. The zero-order valence-electron chi connectivity index (χ0n) is 12.5. The second-order valence-corrected chi connectivity index (χ2v) is 7.06. The molecule has 3 atom stereocenters. The van der Waals surface area contributed by atoms with Crippen LogP contribution in [0, 0.1) is 11.8 Å². The molecule has 1 saturated carbocycles. The van der Waals surface area contributed by atoms with E-state index in [1.807, 2.05) is 7.05 Å². The molecule has 1 aliphatic carbocycles. The number of ether oxygens (including phenoxy) is 1. The van der Waals surface area contributed by atoms with Crippen LogP contribution >= 0.6 is 11.3 Å². The first-order valence-corrected chi connectivity index (χ1v) is 8.76.